The highest BCUT2D eigenvalue weighted by atomic mass is 19.1. The summed E-state index contributed by atoms with van der Waals surface area (Å²) in [5, 5.41) is 8.18. The van der Waals surface area contributed by atoms with Crippen molar-refractivity contribution in [3.63, 3.8) is 0 Å². The number of amides is 3. The SMILES string of the molecule is COc1ccccc1NC(=O)C1=C(C)NC(=O)NC1c1ccc(-c2ccc(F)cc2)o1. The van der Waals surface area contributed by atoms with Crippen molar-refractivity contribution in [1.82, 2.24) is 10.6 Å². The number of allylic oxidation sites excluding steroid dienone is 1. The van der Waals surface area contributed by atoms with Gasteiger partial charge in [0.1, 0.15) is 29.1 Å². The average molecular weight is 421 g/mol. The van der Waals surface area contributed by atoms with E-state index in [1.54, 1.807) is 55.5 Å². The van der Waals surface area contributed by atoms with Gasteiger partial charge in [-0.05, 0) is 55.5 Å². The first-order valence-corrected chi connectivity index (χ1v) is 9.54. The van der Waals surface area contributed by atoms with Crippen LogP contribution in [0.4, 0.5) is 14.9 Å². The molecule has 0 saturated heterocycles. The third-order valence-corrected chi connectivity index (χ3v) is 4.91. The fourth-order valence-electron chi connectivity index (χ4n) is 3.42. The minimum absolute atomic E-state index is 0.297. The molecule has 0 aliphatic carbocycles. The van der Waals surface area contributed by atoms with Crippen molar-refractivity contribution < 1.29 is 23.1 Å². The number of nitrogens with one attached hydrogen (secondary N) is 3. The van der Waals surface area contributed by atoms with Crippen molar-refractivity contribution in [3.8, 4) is 17.1 Å². The number of methoxy groups -OCH3 is 1. The highest BCUT2D eigenvalue weighted by Crippen LogP contribution is 2.33. The summed E-state index contributed by atoms with van der Waals surface area (Å²) < 4.78 is 24.4. The van der Waals surface area contributed by atoms with Crippen molar-refractivity contribution in [2.75, 3.05) is 12.4 Å². The zero-order valence-electron chi connectivity index (χ0n) is 16.9. The predicted octanol–water partition coefficient (Wildman–Crippen LogP) is 4.36. The lowest BCUT2D eigenvalue weighted by atomic mass is 9.99. The van der Waals surface area contributed by atoms with E-state index in [2.05, 4.69) is 16.0 Å². The van der Waals surface area contributed by atoms with Gasteiger partial charge < -0.3 is 25.1 Å². The standard InChI is InChI=1S/C23H20FN3O4/c1-13-20(22(28)26-16-5-3-4-6-18(16)30-2)21(27-23(29)25-13)19-12-11-17(31-19)14-7-9-15(24)10-8-14/h3-12,21H,1-2H3,(H,26,28)(H2,25,27,29). The molecule has 2 aromatic carbocycles. The highest BCUT2D eigenvalue weighted by Gasteiger charge is 2.33. The number of benzene rings is 2. The summed E-state index contributed by atoms with van der Waals surface area (Å²) in [7, 11) is 1.51. The molecule has 1 aliphatic heterocycles. The number of rotatable bonds is 5. The molecule has 3 aromatic rings. The van der Waals surface area contributed by atoms with Crippen LogP contribution in [0.15, 0.2) is 76.4 Å². The zero-order valence-corrected chi connectivity index (χ0v) is 16.9. The smallest absolute Gasteiger partial charge is 0.319 e. The van der Waals surface area contributed by atoms with Crippen molar-refractivity contribution in [2.45, 2.75) is 13.0 Å². The minimum Gasteiger partial charge on any atom is -0.495 e. The Morgan fingerprint density at radius 1 is 1.10 bits per heavy atom. The van der Waals surface area contributed by atoms with Crippen molar-refractivity contribution in [3.05, 3.63) is 83.5 Å². The molecule has 1 unspecified atom stereocenters. The van der Waals surface area contributed by atoms with E-state index in [9.17, 15) is 14.0 Å². The molecule has 31 heavy (non-hydrogen) atoms. The molecule has 7 nitrogen and oxygen atoms in total. The van der Waals surface area contributed by atoms with Crippen molar-refractivity contribution in [2.24, 2.45) is 0 Å². The normalized spacial score (nSPS) is 15.8. The molecule has 0 saturated carbocycles. The summed E-state index contributed by atoms with van der Waals surface area (Å²) in [6, 6.07) is 15.0. The van der Waals surface area contributed by atoms with Gasteiger partial charge in [0.15, 0.2) is 0 Å². The van der Waals surface area contributed by atoms with Crippen LogP contribution in [-0.4, -0.2) is 19.0 Å². The molecule has 3 amide bonds. The van der Waals surface area contributed by atoms with Crippen LogP contribution in [0.2, 0.25) is 0 Å². The second kappa shape index (κ2) is 8.35. The molecule has 0 fully saturated rings. The number of hydrogen-bond donors (Lipinski definition) is 3. The van der Waals surface area contributed by atoms with E-state index in [1.165, 1.54) is 19.2 Å². The monoisotopic (exact) mass is 421 g/mol. The van der Waals surface area contributed by atoms with E-state index in [1.807, 2.05) is 0 Å². The number of ether oxygens (including phenoxy) is 1. The average Bonchev–Trinajstić information content (AvgIpc) is 3.24. The van der Waals surface area contributed by atoms with Crippen LogP contribution in [0.3, 0.4) is 0 Å². The minimum atomic E-state index is -0.808. The van der Waals surface area contributed by atoms with Gasteiger partial charge in [0, 0.05) is 11.3 Å². The van der Waals surface area contributed by atoms with Crippen LogP contribution >= 0.6 is 0 Å². The van der Waals surface area contributed by atoms with Gasteiger partial charge in [-0.3, -0.25) is 4.79 Å². The van der Waals surface area contributed by atoms with Gasteiger partial charge in [0.2, 0.25) is 0 Å². The molecule has 0 bridgehead atoms. The van der Waals surface area contributed by atoms with E-state index in [4.69, 9.17) is 9.15 Å². The number of para-hydroxylation sites is 2. The quantitative estimate of drug-likeness (QED) is 0.571. The van der Waals surface area contributed by atoms with Gasteiger partial charge in [0.25, 0.3) is 5.91 Å². The third kappa shape index (κ3) is 4.13. The highest BCUT2D eigenvalue weighted by molar-refractivity contribution is 6.07. The lowest BCUT2D eigenvalue weighted by molar-refractivity contribution is -0.113. The van der Waals surface area contributed by atoms with Gasteiger partial charge in [0.05, 0.1) is 18.4 Å². The Bertz CT molecular complexity index is 1170. The number of anilines is 1. The van der Waals surface area contributed by atoms with Gasteiger partial charge >= 0.3 is 6.03 Å². The molecular formula is C23H20FN3O4. The maximum absolute atomic E-state index is 13.2. The molecule has 0 spiro atoms. The fraction of sp³-hybridized carbons (Fsp3) is 0.130. The summed E-state index contributed by atoms with van der Waals surface area (Å²) in [5.41, 5.74) is 1.87. The molecule has 4 rings (SSSR count). The van der Waals surface area contributed by atoms with Crippen LogP contribution in [-0.2, 0) is 4.79 Å². The molecule has 8 heteroatoms. The third-order valence-electron chi connectivity index (χ3n) is 4.91. The maximum Gasteiger partial charge on any atom is 0.319 e. The summed E-state index contributed by atoms with van der Waals surface area (Å²) in [6.45, 7) is 1.65. The summed E-state index contributed by atoms with van der Waals surface area (Å²) >= 11 is 0. The van der Waals surface area contributed by atoms with Crippen LogP contribution in [0.25, 0.3) is 11.3 Å². The molecule has 0 radical (unpaired) electrons. The van der Waals surface area contributed by atoms with Crippen LogP contribution in [0, 0.1) is 5.82 Å². The second-order valence-electron chi connectivity index (χ2n) is 6.93. The van der Waals surface area contributed by atoms with Crippen LogP contribution in [0.1, 0.15) is 18.7 Å². The van der Waals surface area contributed by atoms with Crippen LogP contribution in [0.5, 0.6) is 5.75 Å². The molecule has 1 aromatic heterocycles. The summed E-state index contributed by atoms with van der Waals surface area (Å²) in [6.07, 6.45) is 0. The Morgan fingerprint density at radius 3 is 2.58 bits per heavy atom. The zero-order chi connectivity index (χ0) is 22.0. The Labute approximate surface area is 177 Å². The largest absolute Gasteiger partial charge is 0.495 e. The van der Waals surface area contributed by atoms with E-state index < -0.39 is 18.0 Å². The number of furan rings is 1. The van der Waals surface area contributed by atoms with Crippen LogP contribution < -0.4 is 20.7 Å². The first kappa shape index (κ1) is 20.2. The van der Waals surface area contributed by atoms with E-state index >= 15 is 0 Å². The fourth-order valence-corrected chi connectivity index (χ4v) is 3.42. The Balaban J connectivity index is 1.66. The summed E-state index contributed by atoms with van der Waals surface area (Å²) in [5.74, 6) is 0.605. The van der Waals surface area contributed by atoms with E-state index in [0.717, 1.165) is 0 Å². The number of hydrogen-bond acceptors (Lipinski definition) is 4. The van der Waals surface area contributed by atoms with Crippen molar-refractivity contribution >= 4 is 17.6 Å². The topological polar surface area (TPSA) is 92.6 Å². The van der Waals surface area contributed by atoms with E-state index in [0.29, 0.717) is 39.8 Å². The first-order valence-electron chi connectivity index (χ1n) is 9.54. The number of halogens is 1. The van der Waals surface area contributed by atoms with Crippen molar-refractivity contribution in [1.29, 1.82) is 0 Å². The Morgan fingerprint density at radius 2 is 1.84 bits per heavy atom. The van der Waals surface area contributed by atoms with Gasteiger partial charge in [-0.25, -0.2) is 9.18 Å². The molecule has 1 atom stereocenters. The van der Waals surface area contributed by atoms with E-state index in [-0.39, 0.29) is 5.82 Å². The molecule has 1 aliphatic rings. The Hall–Kier alpha value is -4.07. The molecular weight excluding hydrogens is 401 g/mol. The molecule has 2 heterocycles. The molecule has 158 valence electrons. The summed E-state index contributed by atoms with van der Waals surface area (Å²) in [4.78, 5) is 25.3. The maximum atomic E-state index is 13.2. The lowest BCUT2D eigenvalue weighted by Crippen LogP contribution is -2.45. The second-order valence-corrected chi connectivity index (χ2v) is 6.93. The lowest BCUT2D eigenvalue weighted by Gasteiger charge is -2.27. The van der Waals surface area contributed by atoms with Gasteiger partial charge in [-0.15, -0.1) is 0 Å². The predicted molar refractivity (Wildman–Crippen MR) is 113 cm³/mol. The van der Waals surface area contributed by atoms with Gasteiger partial charge in [-0.1, -0.05) is 12.1 Å². The first-order chi connectivity index (χ1) is 15.0. The number of carbonyl (C=O) groups excluding carboxylic acids is 2. The number of carbonyl (C=O) groups is 2. The van der Waals surface area contributed by atoms with Gasteiger partial charge in [-0.2, -0.15) is 0 Å². The Kier molecular flexibility index (Phi) is 5.44. The number of urea groups is 1. The molecule has 3 N–H and O–H groups in total.